The average Bonchev–Trinajstić information content (AvgIpc) is 2.82. The van der Waals surface area contributed by atoms with Crippen molar-refractivity contribution in [3.8, 4) is 5.75 Å². The van der Waals surface area contributed by atoms with Crippen LogP contribution in [0, 0.1) is 0 Å². The van der Waals surface area contributed by atoms with Gasteiger partial charge in [-0.25, -0.2) is 4.79 Å². The smallest absolute Gasteiger partial charge is 0.339 e. The molecule has 1 unspecified atom stereocenters. The van der Waals surface area contributed by atoms with E-state index in [0.29, 0.717) is 12.4 Å². The Morgan fingerprint density at radius 3 is 3.00 bits per heavy atom. The van der Waals surface area contributed by atoms with Gasteiger partial charge in [-0.05, 0) is 25.0 Å². The minimum Gasteiger partial charge on any atom is -0.493 e. The Bertz CT molecular complexity index is 383. The minimum absolute atomic E-state index is 0.208. The quantitative estimate of drug-likeness (QED) is 0.852. The van der Waals surface area contributed by atoms with E-state index in [1.54, 1.807) is 24.3 Å². The van der Waals surface area contributed by atoms with Crippen molar-refractivity contribution < 1.29 is 19.4 Å². The van der Waals surface area contributed by atoms with Crippen molar-refractivity contribution in [2.75, 3.05) is 13.2 Å². The first-order valence-corrected chi connectivity index (χ1v) is 5.84. The Balaban J connectivity index is 1.87. The summed E-state index contributed by atoms with van der Waals surface area (Å²) in [6.45, 7) is 1.32. The standard InChI is InChI=1S/C13H16O4/c14-13(15)11-5-1-2-6-12(11)17-9-7-10-4-3-8-16-10/h1-2,5-6,10H,3-4,7-9H2,(H,14,15). The zero-order valence-electron chi connectivity index (χ0n) is 9.59. The average molecular weight is 236 g/mol. The summed E-state index contributed by atoms with van der Waals surface area (Å²) in [4.78, 5) is 10.9. The molecule has 0 saturated carbocycles. The molecular formula is C13H16O4. The summed E-state index contributed by atoms with van der Waals surface area (Å²) in [5.74, 6) is -0.532. The summed E-state index contributed by atoms with van der Waals surface area (Å²) in [6, 6.07) is 6.69. The second kappa shape index (κ2) is 5.68. The van der Waals surface area contributed by atoms with Gasteiger partial charge in [-0.1, -0.05) is 12.1 Å². The molecule has 1 aliphatic rings. The highest BCUT2D eigenvalue weighted by Crippen LogP contribution is 2.20. The molecule has 1 fully saturated rings. The second-order valence-corrected chi connectivity index (χ2v) is 4.07. The molecule has 0 aliphatic carbocycles. The number of carbonyl (C=O) groups is 1. The molecule has 1 aromatic carbocycles. The molecule has 0 bridgehead atoms. The number of aromatic carboxylic acids is 1. The van der Waals surface area contributed by atoms with Gasteiger partial charge >= 0.3 is 5.97 Å². The Labute approximate surface area is 100 Å². The van der Waals surface area contributed by atoms with E-state index in [9.17, 15) is 4.79 Å². The van der Waals surface area contributed by atoms with Gasteiger partial charge in [0.25, 0.3) is 0 Å². The van der Waals surface area contributed by atoms with E-state index in [-0.39, 0.29) is 11.7 Å². The highest BCUT2D eigenvalue weighted by Gasteiger charge is 2.16. The fourth-order valence-electron chi connectivity index (χ4n) is 1.94. The lowest BCUT2D eigenvalue weighted by atomic mass is 10.2. The molecule has 4 heteroatoms. The Hall–Kier alpha value is -1.55. The van der Waals surface area contributed by atoms with Crippen molar-refractivity contribution in [3.05, 3.63) is 29.8 Å². The lowest BCUT2D eigenvalue weighted by Gasteiger charge is -2.11. The number of carboxylic acids is 1. The van der Waals surface area contributed by atoms with Crippen LogP contribution >= 0.6 is 0 Å². The van der Waals surface area contributed by atoms with E-state index >= 15 is 0 Å². The van der Waals surface area contributed by atoms with Crippen LogP contribution in [0.3, 0.4) is 0 Å². The zero-order chi connectivity index (χ0) is 12.1. The number of para-hydroxylation sites is 1. The number of benzene rings is 1. The van der Waals surface area contributed by atoms with Crippen LogP contribution < -0.4 is 4.74 Å². The van der Waals surface area contributed by atoms with Crippen molar-refractivity contribution >= 4 is 5.97 Å². The van der Waals surface area contributed by atoms with Gasteiger partial charge in [-0.15, -0.1) is 0 Å². The van der Waals surface area contributed by atoms with E-state index in [4.69, 9.17) is 14.6 Å². The molecule has 92 valence electrons. The first kappa shape index (κ1) is 11.9. The number of hydrogen-bond donors (Lipinski definition) is 1. The zero-order valence-corrected chi connectivity index (χ0v) is 9.59. The fraction of sp³-hybridized carbons (Fsp3) is 0.462. The topological polar surface area (TPSA) is 55.8 Å². The van der Waals surface area contributed by atoms with Crippen LogP contribution in [0.25, 0.3) is 0 Å². The summed E-state index contributed by atoms with van der Waals surface area (Å²) in [5.41, 5.74) is 0.208. The van der Waals surface area contributed by atoms with Crippen molar-refractivity contribution in [1.29, 1.82) is 0 Å². The van der Waals surface area contributed by atoms with Crippen LogP contribution in [0.15, 0.2) is 24.3 Å². The highest BCUT2D eigenvalue weighted by molar-refractivity contribution is 5.90. The van der Waals surface area contributed by atoms with Gasteiger partial charge in [0, 0.05) is 13.0 Å². The van der Waals surface area contributed by atoms with E-state index in [0.717, 1.165) is 25.9 Å². The second-order valence-electron chi connectivity index (χ2n) is 4.07. The molecule has 1 N–H and O–H groups in total. The maximum atomic E-state index is 10.9. The van der Waals surface area contributed by atoms with Crippen LogP contribution in [0.4, 0.5) is 0 Å². The third kappa shape index (κ3) is 3.20. The molecule has 4 nitrogen and oxygen atoms in total. The lowest BCUT2D eigenvalue weighted by molar-refractivity contribution is 0.0689. The molecule has 0 radical (unpaired) electrons. The molecule has 1 aliphatic heterocycles. The van der Waals surface area contributed by atoms with Crippen molar-refractivity contribution in [3.63, 3.8) is 0 Å². The Kier molecular flexibility index (Phi) is 3.98. The van der Waals surface area contributed by atoms with Crippen molar-refractivity contribution in [2.45, 2.75) is 25.4 Å². The molecule has 1 saturated heterocycles. The fourth-order valence-corrected chi connectivity index (χ4v) is 1.94. The lowest BCUT2D eigenvalue weighted by Crippen LogP contribution is -2.12. The predicted molar refractivity (Wildman–Crippen MR) is 62.5 cm³/mol. The highest BCUT2D eigenvalue weighted by atomic mass is 16.5. The largest absolute Gasteiger partial charge is 0.493 e. The summed E-state index contributed by atoms with van der Waals surface area (Å²) in [5, 5.41) is 8.97. The monoisotopic (exact) mass is 236 g/mol. The summed E-state index contributed by atoms with van der Waals surface area (Å²) < 4.78 is 11.0. The van der Waals surface area contributed by atoms with Crippen LogP contribution in [-0.2, 0) is 4.74 Å². The summed E-state index contributed by atoms with van der Waals surface area (Å²) in [6.07, 6.45) is 3.26. The van der Waals surface area contributed by atoms with Crippen molar-refractivity contribution in [1.82, 2.24) is 0 Å². The van der Waals surface area contributed by atoms with Crippen LogP contribution in [0.2, 0.25) is 0 Å². The maximum Gasteiger partial charge on any atom is 0.339 e. The van der Waals surface area contributed by atoms with Gasteiger partial charge in [0.2, 0.25) is 0 Å². The third-order valence-electron chi connectivity index (χ3n) is 2.84. The van der Waals surface area contributed by atoms with Crippen LogP contribution in [-0.4, -0.2) is 30.4 Å². The Morgan fingerprint density at radius 1 is 1.47 bits per heavy atom. The summed E-state index contributed by atoms with van der Waals surface area (Å²) >= 11 is 0. The normalized spacial score (nSPS) is 19.2. The molecule has 1 atom stereocenters. The van der Waals surface area contributed by atoms with Crippen molar-refractivity contribution in [2.24, 2.45) is 0 Å². The van der Waals surface area contributed by atoms with E-state index in [2.05, 4.69) is 0 Å². The van der Waals surface area contributed by atoms with Gasteiger partial charge in [0.15, 0.2) is 0 Å². The SMILES string of the molecule is O=C(O)c1ccccc1OCCC1CCCO1. The number of carboxylic acid groups (broad SMARTS) is 1. The van der Waals surface area contributed by atoms with Gasteiger partial charge in [0.05, 0.1) is 12.7 Å². The summed E-state index contributed by atoms with van der Waals surface area (Å²) in [7, 11) is 0. The number of ether oxygens (including phenoxy) is 2. The van der Waals surface area contributed by atoms with E-state index in [1.165, 1.54) is 0 Å². The number of hydrogen-bond acceptors (Lipinski definition) is 3. The predicted octanol–water partition coefficient (Wildman–Crippen LogP) is 2.33. The molecule has 1 aromatic rings. The Morgan fingerprint density at radius 2 is 2.29 bits per heavy atom. The third-order valence-corrected chi connectivity index (χ3v) is 2.84. The van der Waals surface area contributed by atoms with E-state index < -0.39 is 5.97 Å². The molecule has 17 heavy (non-hydrogen) atoms. The first-order valence-electron chi connectivity index (χ1n) is 5.84. The van der Waals surface area contributed by atoms with Crippen LogP contribution in [0.1, 0.15) is 29.6 Å². The maximum absolute atomic E-state index is 10.9. The molecule has 0 spiro atoms. The molecule has 2 rings (SSSR count). The number of rotatable bonds is 5. The first-order chi connectivity index (χ1) is 8.27. The van der Waals surface area contributed by atoms with Crippen LogP contribution in [0.5, 0.6) is 5.75 Å². The molecule has 0 aromatic heterocycles. The molecule has 1 heterocycles. The van der Waals surface area contributed by atoms with Gasteiger partial charge in [0.1, 0.15) is 11.3 Å². The van der Waals surface area contributed by atoms with E-state index in [1.807, 2.05) is 0 Å². The minimum atomic E-state index is -0.960. The molecule has 0 amide bonds. The molecular weight excluding hydrogens is 220 g/mol. The van der Waals surface area contributed by atoms with Gasteiger partial charge < -0.3 is 14.6 Å². The van der Waals surface area contributed by atoms with Gasteiger partial charge in [-0.3, -0.25) is 0 Å². The van der Waals surface area contributed by atoms with Gasteiger partial charge in [-0.2, -0.15) is 0 Å².